The van der Waals surface area contributed by atoms with Crippen LogP contribution in [0.2, 0.25) is 0 Å². The van der Waals surface area contributed by atoms with Crippen LogP contribution in [0.15, 0.2) is 232 Å². The quantitative estimate of drug-likeness (QED) is 0.106. The first-order valence-electron chi connectivity index (χ1n) is 23.6. The highest BCUT2D eigenvalue weighted by Gasteiger charge is 2.22. The lowest BCUT2D eigenvalue weighted by Crippen LogP contribution is -2.06. The minimum Gasteiger partial charge on any atom is -0.289 e. The Labute approximate surface area is 424 Å². The topological polar surface area (TPSA) is 172 Å². The molecule has 0 unspecified atom stereocenters. The zero-order valence-electron chi connectivity index (χ0n) is 39.2. The molecule has 0 amide bonds. The van der Waals surface area contributed by atoms with Crippen molar-refractivity contribution in [2.45, 2.75) is 0 Å². The highest BCUT2D eigenvalue weighted by Crippen LogP contribution is 2.37. The molecule has 13 heteroatoms. The Morgan fingerprint density at radius 2 is 0.446 bits per heavy atom. The molecule has 74 heavy (non-hydrogen) atoms. The highest BCUT2D eigenvalue weighted by atomic mass is 16.1. The molecule has 0 aliphatic rings. The van der Waals surface area contributed by atoms with Crippen molar-refractivity contribution in [3.8, 4) is 113 Å². The minimum atomic E-state index is -0.203. The third-order valence-electron chi connectivity index (χ3n) is 12.3. The van der Waals surface area contributed by atoms with Gasteiger partial charge in [-0.1, -0.05) is 170 Å². The van der Waals surface area contributed by atoms with E-state index in [0.717, 1.165) is 33.4 Å². The van der Waals surface area contributed by atoms with Crippen molar-refractivity contribution in [2.75, 3.05) is 0 Å². The van der Waals surface area contributed by atoms with Crippen molar-refractivity contribution in [3.63, 3.8) is 0 Å². The second-order valence-electron chi connectivity index (χ2n) is 17.0. The van der Waals surface area contributed by atoms with Gasteiger partial charge in [-0.3, -0.25) is 4.79 Å². The Bertz CT molecular complexity index is 3530. The number of carbonyl (C=O) groups is 1. The van der Waals surface area contributed by atoms with Crippen LogP contribution < -0.4 is 0 Å². The fourth-order valence-corrected chi connectivity index (χ4v) is 8.74. The standard InChI is InChI=1S/C61H38N12O/c74-53(51-27-15-13-25-49(51)43-29-45(58-66-35-62-54(70-58)39-17-5-1-6-18-39)33-46(30-43)59-67-36-63-55(71-59)40-19-7-2-8-20-40)52-28-16-14-26-50(52)44-31-47(60-68-37-64-56(72-60)41-21-9-3-10-22-41)34-48(32-44)61-69-38-65-57(73-61)42-23-11-4-12-24-42/h1-38H. The molecule has 13 nitrogen and oxygen atoms in total. The lowest BCUT2D eigenvalue weighted by Gasteiger charge is -2.16. The summed E-state index contributed by atoms with van der Waals surface area (Å²) in [5, 5.41) is 0. The first kappa shape index (κ1) is 44.7. The second kappa shape index (κ2) is 20.1. The van der Waals surface area contributed by atoms with Crippen LogP contribution in [-0.4, -0.2) is 65.6 Å². The Balaban J connectivity index is 0.993. The smallest absolute Gasteiger partial charge is 0.194 e. The number of benzene rings is 8. The molecule has 12 rings (SSSR count). The third-order valence-corrected chi connectivity index (χ3v) is 12.3. The number of ketones is 1. The number of carbonyl (C=O) groups excluding carboxylic acids is 1. The number of rotatable bonds is 12. The Hall–Kier alpha value is -10.5. The van der Waals surface area contributed by atoms with E-state index in [4.69, 9.17) is 19.9 Å². The van der Waals surface area contributed by atoms with Crippen LogP contribution >= 0.6 is 0 Å². The largest absolute Gasteiger partial charge is 0.289 e. The number of aromatic nitrogens is 12. The van der Waals surface area contributed by atoms with Crippen molar-refractivity contribution >= 4 is 5.78 Å². The monoisotopic (exact) mass is 954 g/mol. The molecule has 12 aromatic rings. The molecule has 8 aromatic carbocycles. The summed E-state index contributed by atoms with van der Waals surface area (Å²) in [5.74, 6) is 3.63. The molecule has 0 aliphatic heterocycles. The molecule has 4 aromatic heterocycles. The van der Waals surface area contributed by atoms with Crippen LogP contribution in [0, 0.1) is 0 Å². The van der Waals surface area contributed by atoms with E-state index in [-0.39, 0.29) is 5.78 Å². The average Bonchev–Trinajstić information content (AvgIpc) is 3.49. The Morgan fingerprint density at radius 3 is 0.716 bits per heavy atom. The Morgan fingerprint density at radius 1 is 0.230 bits per heavy atom. The number of hydrogen-bond donors (Lipinski definition) is 0. The van der Waals surface area contributed by atoms with Crippen LogP contribution in [0.1, 0.15) is 15.9 Å². The van der Waals surface area contributed by atoms with Crippen molar-refractivity contribution in [1.82, 2.24) is 59.8 Å². The van der Waals surface area contributed by atoms with E-state index in [1.165, 1.54) is 25.3 Å². The highest BCUT2D eigenvalue weighted by molar-refractivity contribution is 6.16. The van der Waals surface area contributed by atoms with Crippen LogP contribution in [0.5, 0.6) is 0 Å². The van der Waals surface area contributed by atoms with Crippen molar-refractivity contribution in [1.29, 1.82) is 0 Å². The first-order valence-corrected chi connectivity index (χ1v) is 23.6. The minimum absolute atomic E-state index is 0.203. The number of nitrogens with zero attached hydrogens (tertiary/aromatic N) is 12. The molecule has 4 heterocycles. The van der Waals surface area contributed by atoms with Gasteiger partial charge in [0.05, 0.1) is 0 Å². The molecule has 0 saturated carbocycles. The van der Waals surface area contributed by atoms with E-state index in [1.807, 2.05) is 206 Å². The molecule has 0 aliphatic carbocycles. The van der Waals surface area contributed by atoms with E-state index >= 15 is 4.79 Å². The molecule has 0 atom stereocenters. The van der Waals surface area contributed by atoms with Gasteiger partial charge in [0.15, 0.2) is 52.4 Å². The van der Waals surface area contributed by atoms with Crippen molar-refractivity contribution in [2.24, 2.45) is 0 Å². The van der Waals surface area contributed by atoms with Crippen molar-refractivity contribution in [3.05, 3.63) is 243 Å². The predicted molar refractivity (Wildman–Crippen MR) is 284 cm³/mol. The third kappa shape index (κ3) is 9.30. The molecule has 0 saturated heterocycles. The molecule has 0 N–H and O–H groups in total. The van der Waals surface area contributed by atoms with Gasteiger partial charge in [0.25, 0.3) is 0 Å². The average molecular weight is 955 g/mol. The van der Waals surface area contributed by atoms with Gasteiger partial charge in [-0.25, -0.2) is 59.8 Å². The first-order chi connectivity index (χ1) is 36.6. The molecule has 0 radical (unpaired) electrons. The van der Waals surface area contributed by atoms with Gasteiger partial charge < -0.3 is 0 Å². The van der Waals surface area contributed by atoms with Crippen molar-refractivity contribution < 1.29 is 4.79 Å². The molecular weight excluding hydrogens is 917 g/mol. The van der Waals surface area contributed by atoms with Gasteiger partial charge >= 0.3 is 0 Å². The fraction of sp³-hybridized carbons (Fsp3) is 0. The SMILES string of the molecule is O=C(c1ccccc1-c1cc(-c2ncnc(-c3ccccc3)n2)cc(-c2ncnc(-c3ccccc3)n2)c1)c1ccccc1-c1cc(-c2ncnc(-c3ccccc3)n2)cc(-c2ncnc(-c3ccccc3)n2)c1. The Kier molecular flexibility index (Phi) is 12.1. The summed E-state index contributed by atoms with van der Waals surface area (Å²) in [6.45, 7) is 0. The summed E-state index contributed by atoms with van der Waals surface area (Å²) in [4.78, 5) is 71.9. The van der Waals surface area contributed by atoms with E-state index in [0.29, 0.717) is 91.1 Å². The van der Waals surface area contributed by atoms with Crippen LogP contribution in [-0.2, 0) is 0 Å². The lowest BCUT2D eigenvalue weighted by atomic mass is 9.88. The van der Waals surface area contributed by atoms with Crippen LogP contribution in [0.3, 0.4) is 0 Å². The molecular formula is C61H38N12O. The van der Waals surface area contributed by atoms with Crippen LogP contribution in [0.25, 0.3) is 113 Å². The predicted octanol–water partition coefficient (Wildman–Crippen LogP) is 12.3. The molecule has 0 bridgehead atoms. The van der Waals surface area contributed by atoms with E-state index < -0.39 is 0 Å². The zero-order valence-corrected chi connectivity index (χ0v) is 39.2. The second-order valence-corrected chi connectivity index (χ2v) is 17.0. The maximum Gasteiger partial charge on any atom is 0.194 e. The van der Waals surface area contributed by atoms with Gasteiger partial charge in [0, 0.05) is 55.6 Å². The van der Waals surface area contributed by atoms with Crippen LogP contribution in [0.4, 0.5) is 0 Å². The summed E-state index contributed by atoms with van der Waals surface area (Å²) < 4.78 is 0. The summed E-state index contributed by atoms with van der Waals surface area (Å²) in [6, 6.07) is 66.0. The van der Waals surface area contributed by atoms with E-state index in [1.54, 1.807) is 0 Å². The van der Waals surface area contributed by atoms with Gasteiger partial charge in [-0.05, 0) is 58.7 Å². The lowest BCUT2D eigenvalue weighted by molar-refractivity contribution is 0.104. The van der Waals surface area contributed by atoms with Gasteiger partial charge in [-0.2, -0.15) is 0 Å². The zero-order chi connectivity index (χ0) is 49.6. The number of hydrogen-bond acceptors (Lipinski definition) is 13. The summed E-state index contributed by atoms with van der Waals surface area (Å²) >= 11 is 0. The summed E-state index contributed by atoms with van der Waals surface area (Å²) in [6.07, 6.45) is 6.03. The van der Waals surface area contributed by atoms with E-state index in [9.17, 15) is 0 Å². The molecule has 0 fully saturated rings. The molecule has 348 valence electrons. The van der Waals surface area contributed by atoms with Gasteiger partial charge in [0.1, 0.15) is 25.3 Å². The summed E-state index contributed by atoms with van der Waals surface area (Å²) in [7, 11) is 0. The van der Waals surface area contributed by atoms with Gasteiger partial charge in [-0.15, -0.1) is 0 Å². The maximum absolute atomic E-state index is 15.5. The molecule has 0 spiro atoms. The summed E-state index contributed by atoms with van der Waals surface area (Å²) in [5.41, 5.74) is 9.82. The van der Waals surface area contributed by atoms with E-state index in [2.05, 4.69) is 39.9 Å². The maximum atomic E-state index is 15.5. The normalized spacial score (nSPS) is 11.0. The fourth-order valence-electron chi connectivity index (χ4n) is 8.74. The van der Waals surface area contributed by atoms with Gasteiger partial charge in [0.2, 0.25) is 0 Å².